The molecule has 4 aromatic rings. The smallest absolute Gasteiger partial charge is 0.279 e. The summed E-state index contributed by atoms with van der Waals surface area (Å²) in [5.74, 6) is 1.64. The molecule has 1 aliphatic rings. The molecule has 180 valence electrons. The summed E-state index contributed by atoms with van der Waals surface area (Å²) in [6, 6.07) is 14.0. The molecule has 0 fully saturated rings. The van der Waals surface area contributed by atoms with Gasteiger partial charge in [-0.25, -0.2) is 13.4 Å². The van der Waals surface area contributed by atoms with Gasteiger partial charge in [0.2, 0.25) is 0 Å². The van der Waals surface area contributed by atoms with Crippen LogP contribution in [0.15, 0.2) is 70.3 Å². The van der Waals surface area contributed by atoms with E-state index in [-0.39, 0.29) is 23.5 Å². The first-order valence-corrected chi connectivity index (χ1v) is 13.5. The van der Waals surface area contributed by atoms with E-state index in [9.17, 15) is 13.2 Å². The topological polar surface area (TPSA) is 121 Å². The molecular formula is C24H21N3O6S2. The number of hydrogen-bond donors (Lipinski definition) is 1. The fourth-order valence-electron chi connectivity index (χ4n) is 3.69. The number of nitrogens with one attached hydrogen (secondary N) is 1. The maximum atomic E-state index is 12.3. The number of thiazole rings is 1. The highest BCUT2D eigenvalue weighted by Crippen LogP contribution is 2.38. The molecule has 35 heavy (non-hydrogen) atoms. The summed E-state index contributed by atoms with van der Waals surface area (Å²) in [4.78, 5) is 17.2. The Balaban J connectivity index is 1.21. The zero-order chi connectivity index (χ0) is 24.4. The minimum Gasteiger partial charge on any atom is -0.485 e. The monoisotopic (exact) mass is 511 g/mol. The quantitative estimate of drug-likeness (QED) is 0.389. The molecule has 1 amide bonds. The third kappa shape index (κ3) is 5.36. The van der Waals surface area contributed by atoms with Gasteiger partial charge in [-0.1, -0.05) is 28.6 Å². The van der Waals surface area contributed by atoms with Crippen LogP contribution in [-0.4, -0.2) is 30.7 Å². The average Bonchev–Trinajstić information content (AvgIpc) is 3.54. The number of carbonyl (C=O) groups excluding carboxylic acids is 1. The van der Waals surface area contributed by atoms with E-state index in [1.54, 1.807) is 36.4 Å². The molecular weight excluding hydrogens is 490 g/mol. The summed E-state index contributed by atoms with van der Waals surface area (Å²) < 4.78 is 40.4. The molecule has 1 unspecified atom stereocenters. The normalized spacial score (nSPS) is 15.2. The van der Waals surface area contributed by atoms with Gasteiger partial charge in [0.15, 0.2) is 15.6 Å². The summed E-state index contributed by atoms with van der Waals surface area (Å²) in [5.41, 5.74) is 1.94. The largest absolute Gasteiger partial charge is 0.485 e. The molecule has 2 aromatic carbocycles. The molecule has 0 spiro atoms. The highest BCUT2D eigenvalue weighted by Gasteiger charge is 2.23. The predicted molar refractivity (Wildman–Crippen MR) is 128 cm³/mol. The standard InChI is InChI=1S/C24H21N3O6S2/c1-35(29,30)19-6-2-15(3-7-19)20-8-4-16-12-17(5-9-21(16)32-20)31-24-26-14-22(34-24)23(28)25-13-18-10-11-27-33-18/h2-3,5-7,9-12,14,20H,4,8,13H2,1H3,(H,25,28). The van der Waals surface area contributed by atoms with Crippen molar-refractivity contribution in [1.82, 2.24) is 15.5 Å². The van der Waals surface area contributed by atoms with Crippen LogP contribution in [-0.2, 0) is 22.8 Å². The summed E-state index contributed by atoms with van der Waals surface area (Å²) >= 11 is 1.15. The van der Waals surface area contributed by atoms with Crippen LogP contribution < -0.4 is 14.8 Å². The van der Waals surface area contributed by atoms with Gasteiger partial charge in [-0.05, 0) is 54.3 Å². The summed E-state index contributed by atoms with van der Waals surface area (Å²) in [6.07, 6.45) is 5.55. The molecule has 1 N–H and O–H groups in total. The Kier molecular flexibility index (Phi) is 6.27. The fourth-order valence-corrected chi connectivity index (χ4v) is 5.02. The summed E-state index contributed by atoms with van der Waals surface area (Å²) in [6.45, 7) is 0.237. The van der Waals surface area contributed by atoms with Crippen molar-refractivity contribution < 1.29 is 27.2 Å². The van der Waals surface area contributed by atoms with Crippen molar-refractivity contribution >= 4 is 27.1 Å². The Hall–Kier alpha value is -3.70. The van der Waals surface area contributed by atoms with Crippen molar-refractivity contribution in [3.8, 4) is 16.7 Å². The number of hydrogen-bond acceptors (Lipinski definition) is 9. The number of rotatable bonds is 7. The number of nitrogens with zero attached hydrogens (tertiary/aromatic N) is 2. The minimum atomic E-state index is -3.23. The number of fused-ring (bicyclic) bond motifs is 1. The van der Waals surface area contributed by atoms with Crippen LogP contribution in [0, 0.1) is 0 Å². The first kappa shape index (κ1) is 23.1. The van der Waals surface area contributed by atoms with Crippen LogP contribution in [0.5, 0.6) is 16.7 Å². The highest BCUT2D eigenvalue weighted by molar-refractivity contribution is 7.90. The van der Waals surface area contributed by atoms with E-state index in [1.165, 1.54) is 18.6 Å². The molecule has 1 aliphatic heterocycles. The zero-order valence-corrected chi connectivity index (χ0v) is 20.3. The number of benzene rings is 2. The fraction of sp³-hybridized carbons (Fsp3) is 0.208. The van der Waals surface area contributed by atoms with Crippen molar-refractivity contribution in [2.45, 2.75) is 30.4 Å². The zero-order valence-electron chi connectivity index (χ0n) is 18.6. The molecule has 0 bridgehead atoms. The lowest BCUT2D eigenvalue weighted by Gasteiger charge is -2.26. The lowest BCUT2D eigenvalue weighted by atomic mass is 9.97. The Labute approximate surface area is 205 Å². The van der Waals surface area contributed by atoms with Gasteiger partial charge in [0, 0.05) is 12.3 Å². The highest BCUT2D eigenvalue weighted by atomic mass is 32.2. The van der Waals surface area contributed by atoms with Gasteiger partial charge in [0.25, 0.3) is 11.1 Å². The Bertz CT molecular complexity index is 1450. The van der Waals surface area contributed by atoms with E-state index in [2.05, 4.69) is 15.5 Å². The van der Waals surface area contributed by atoms with Crippen molar-refractivity contribution in [2.24, 2.45) is 0 Å². The van der Waals surface area contributed by atoms with Crippen LogP contribution >= 0.6 is 11.3 Å². The van der Waals surface area contributed by atoms with E-state index in [4.69, 9.17) is 14.0 Å². The van der Waals surface area contributed by atoms with Gasteiger partial charge in [0.05, 0.1) is 23.8 Å². The van der Waals surface area contributed by atoms with Crippen LogP contribution in [0.25, 0.3) is 0 Å². The molecule has 11 heteroatoms. The maximum absolute atomic E-state index is 12.3. The van der Waals surface area contributed by atoms with Gasteiger partial charge >= 0.3 is 0 Å². The Morgan fingerprint density at radius 3 is 2.77 bits per heavy atom. The van der Waals surface area contributed by atoms with Crippen LogP contribution in [0.4, 0.5) is 0 Å². The van der Waals surface area contributed by atoms with E-state index in [0.717, 1.165) is 41.1 Å². The number of ether oxygens (including phenoxy) is 2. The van der Waals surface area contributed by atoms with Gasteiger partial charge in [-0.15, -0.1) is 0 Å². The van der Waals surface area contributed by atoms with Crippen LogP contribution in [0.1, 0.15) is 39.1 Å². The second kappa shape index (κ2) is 9.51. The van der Waals surface area contributed by atoms with E-state index < -0.39 is 9.84 Å². The summed E-state index contributed by atoms with van der Waals surface area (Å²) in [7, 11) is -3.23. The predicted octanol–water partition coefficient (Wildman–Crippen LogP) is 4.32. The number of aryl methyl sites for hydroxylation is 1. The molecule has 0 aliphatic carbocycles. The van der Waals surface area contributed by atoms with Crippen molar-refractivity contribution in [3.63, 3.8) is 0 Å². The molecule has 9 nitrogen and oxygen atoms in total. The van der Waals surface area contributed by atoms with Gasteiger partial charge < -0.3 is 19.3 Å². The lowest BCUT2D eigenvalue weighted by molar-refractivity contribution is 0.0951. The molecule has 5 rings (SSSR count). The van der Waals surface area contributed by atoms with Gasteiger partial charge in [-0.2, -0.15) is 0 Å². The maximum Gasteiger partial charge on any atom is 0.279 e. The van der Waals surface area contributed by atoms with Crippen LogP contribution in [0.3, 0.4) is 0 Å². The van der Waals surface area contributed by atoms with Crippen molar-refractivity contribution in [2.75, 3.05) is 6.26 Å². The minimum absolute atomic E-state index is 0.153. The first-order valence-electron chi connectivity index (χ1n) is 10.8. The Morgan fingerprint density at radius 1 is 1.20 bits per heavy atom. The van der Waals surface area contributed by atoms with E-state index in [1.807, 2.05) is 12.1 Å². The second-order valence-corrected chi connectivity index (χ2v) is 11.0. The van der Waals surface area contributed by atoms with E-state index in [0.29, 0.717) is 21.6 Å². The Morgan fingerprint density at radius 2 is 2.03 bits per heavy atom. The molecule has 1 atom stereocenters. The van der Waals surface area contributed by atoms with Crippen molar-refractivity contribution in [1.29, 1.82) is 0 Å². The number of amides is 1. The molecule has 0 saturated heterocycles. The lowest BCUT2D eigenvalue weighted by Crippen LogP contribution is -2.21. The number of sulfone groups is 1. The first-order chi connectivity index (χ1) is 16.8. The third-order valence-corrected chi connectivity index (χ3v) is 7.49. The van der Waals surface area contributed by atoms with E-state index >= 15 is 0 Å². The number of aromatic nitrogens is 2. The van der Waals surface area contributed by atoms with Gasteiger partial charge in [0.1, 0.15) is 22.5 Å². The molecule has 3 heterocycles. The second-order valence-electron chi connectivity index (χ2n) is 8.01. The van der Waals surface area contributed by atoms with Crippen molar-refractivity contribution in [3.05, 3.63) is 82.7 Å². The number of carbonyl (C=O) groups is 1. The molecule has 2 aromatic heterocycles. The molecule has 0 saturated carbocycles. The van der Waals surface area contributed by atoms with Crippen LogP contribution in [0.2, 0.25) is 0 Å². The average molecular weight is 512 g/mol. The SMILES string of the molecule is CS(=O)(=O)c1ccc(C2CCc3cc(Oc4ncc(C(=O)NCc5ccno5)s4)ccc3O2)cc1. The summed E-state index contributed by atoms with van der Waals surface area (Å²) in [5, 5.41) is 6.70. The third-order valence-electron chi connectivity index (χ3n) is 5.48. The van der Waals surface area contributed by atoms with Gasteiger partial charge in [-0.3, -0.25) is 4.79 Å². The molecule has 0 radical (unpaired) electrons.